The van der Waals surface area contributed by atoms with Crippen molar-refractivity contribution in [3.8, 4) is 0 Å². The van der Waals surface area contributed by atoms with Crippen LogP contribution in [0.3, 0.4) is 0 Å². The molecule has 0 bridgehead atoms. The van der Waals surface area contributed by atoms with E-state index >= 15 is 0 Å². The second-order valence-electron chi connectivity index (χ2n) is 4.81. The molecule has 0 atom stereocenters. The minimum Gasteiger partial charge on any atom is -0.462 e. The van der Waals surface area contributed by atoms with Gasteiger partial charge < -0.3 is 10.1 Å². The topological polar surface area (TPSA) is 74.0 Å². The minimum absolute atomic E-state index is 0.329. The van der Waals surface area contributed by atoms with E-state index in [4.69, 9.17) is 4.74 Å². The molecule has 0 saturated heterocycles. The molecular formula is C14H21N5O2. The van der Waals surface area contributed by atoms with Crippen LogP contribution in [0.2, 0.25) is 0 Å². The van der Waals surface area contributed by atoms with Crippen LogP contribution in [0.4, 0.5) is 0 Å². The van der Waals surface area contributed by atoms with Crippen molar-refractivity contribution in [2.45, 2.75) is 26.9 Å². The van der Waals surface area contributed by atoms with Crippen LogP contribution in [0, 0.1) is 6.92 Å². The van der Waals surface area contributed by atoms with Crippen LogP contribution < -0.4 is 5.32 Å². The van der Waals surface area contributed by atoms with E-state index in [1.165, 1.54) is 0 Å². The Balaban J connectivity index is 1.88. The second-order valence-corrected chi connectivity index (χ2v) is 4.81. The first-order valence-electron chi connectivity index (χ1n) is 6.99. The number of carbonyl (C=O) groups is 1. The highest BCUT2D eigenvalue weighted by Crippen LogP contribution is 2.09. The van der Waals surface area contributed by atoms with E-state index in [9.17, 15) is 4.79 Å². The lowest BCUT2D eigenvalue weighted by Gasteiger charge is -2.08. The van der Waals surface area contributed by atoms with Gasteiger partial charge in [0.05, 0.1) is 31.2 Å². The van der Waals surface area contributed by atoms with Crippen LogP contribution in [0.25, 0.3) is 0 Å². The molecule has 7 heteroatoms. The summed E-state index contributed by atoms with van der Waals surface area (Å²) >= 11 is 0. The normalized spacial score (nSPS) is 10.8. The van der Waals surface area contributed by atoms with Crippen molar-refractivity contribution >= 4 is 5.97 Å². The molecule has 0 spiro atoms. The van der Waals surface area contributed by atoms with E-state index in [0.29, 0.717) is 18.7 Å². The van der Waals surface area contributed by atoms with E-state index in [2.05, 4.69) is 15.5 Å². The van der Waals surface area contributed by atoms with Gasteiger partial charge >= 0.3 is 5.97 Å². The van der Waals surface area contributed by atoms with Gasteiger partial charge in [-0.1, -0.05) is 0 Å². The lowest BCUT2D eigenvalue weighted by molar-refractivity contribution is 0.0524. The molecule has 0 aromatic carbocycles. The van der Waals surface area contributed by atoms with Crippen molar-refractivity contribution in [3.63, 3.8) is 0 Å². The quantitative estimate of drug-likeness (QED) is 0.606. The fraction of sp³-hybridized carbons (Fsp3) is 0.500. The fourth-order valence-electron chi connectivity index (χ4n) is 2.04. The molecule has 0 saturated carbocycles. The van der Waals surface area contributed by atoms with Crippen LogP contribution >= 0.6 is 0 Å². The van der Waals surface area contributed by atoms with Gasteiger partial charge in [-0.3, -0.25) is 9.36 Å². The van der Waals surface area contributed by atoms with Crippen molar-refractivity contribution in [1.29, 1.82) is 0 Å². The summed E-state index contributed by atoms with van der Waals surface area (Å²) in [5.41, 5.74) is 2.48. The highest BCUT2D eigenvalue weighted by Gasteiger charge is 2.16. The van der Waals surface area contributed by atoms with Gasteiger partial charge in [0.15, 0.2) is 0 Å². The summed E-state index contributed by atoms with van der Waals surface area (Å²) in [6.07, 6.45) is 5.38. The van der Waals surface area contributed by atoms with Gasteiger partial charge in [0, 0.05) is 26.3 Å². The molecular weight excluding hydrogens is 270 g/mol. The van der Waals surface area contributed by atoms with E-state index in [1.807, 2.05) is 31.0 Å². The molecule has 1 N–H and O–H groups in total. The number of nitrogens with zero attached hydrogens (tertiary/aromatic N) is 4. The van der Waals surface area contributed by atoms with Crippen molar-refractivity contribution in [1.82, 2.24) is 24.9 Å². The van der Waals surface area contributed by atoms with E-state index in [0.717, 1.165) is 24.3 Å². The van der Waals surface area contributed by atoms with Crippen LogP contribution in [-0.4, -0.2) is 38.7 Å². The van der Waals surface area contributed by atoms with E-state index < -0.39 is 0 Å². The Morgan fingerprint density at radius 2 is 2.19 bits per heavy atom. The Bertz CT molecular complexity index is 602. The van der Waals surface area contributed by atoms with Gasteiger partial charge in [0.2, 0.25) is 0 Å². The smallest absolute Gasteiger partial charge is 0.341 e. The SMILES string of the molecule is CCOC(=O)c1cnn(C)c1CNCCn1cc(C)cn1. The number of carbonyl (C=O) groups excluding carboxylic acids is 1. The third-order valence-corrected chi connectivity index (χ3v) is 3.13. The minimum atomic E-state index is -0.329. The molecule has 0 amide bonds. The molecule has 2 heterocycles. The number of nitrogens with one attached hydrogen (secondary N) is 1. The van der Waals surface area contributed by atoms with Crippen LogP contribution in [0.1, 0.15) is 28.5 Å². The van der Waals surface area contributed by atoms with Gasteiger partial charge in [-0.2, -0.15) is 10.2 Å². The summed E-state index contributed by atoms with van der Waals surface area (Å²) in [4.78, 5) is 11.8. The molecule has 114 valence electrons. The Hall–Kier alpha value is -2.15. The number of aryl methyl sites for hydroxylation is 2. The first-order chi connectivity index (χ1) is 10.1. The number of ether oxygens (including phenoxy) is 1. The number of rotatable bonds is 7. The maximum atomic E-state index is 11.8. The monoisotopic (exact) mass is 291 g/mol. The zero-order valence-corrected chi connectivity index (χ0v) is 12.7. The average Bonchev–Trinajstić information content (AvgIpc) is 3.02. The third-order valence-electron chi connectivity index (χ3n) is 3.13. The van der Waals surface area contributed by atoms with Gasteiger partial charge in [-0.25, -0.2) is 4.79 Å². The highest BCUT2D eigenvalue weighted by atomic mass is 16.5. The first-order valence-corrected chi connectivity index (χ1v) is 6.99. The zero-order valence-electron chi connectivity index (χ0n) is 12.7. The molecule has 2 aromatic heterocycles. The maximum absolute atomic E-state index is 11.8. The van der Waals surface area contributed by atoms with Crippen molar-refractivity contribution in [3.05, 3.63) is 35.4 Å². The summed E-state index contributed by atoms with van der Waals surface area (Å²) in [6, 6.07) is 0. The molecule has 21 heavy (non-hydrogen) atoms. The summed E-state index contributed by atoms with van der Waals surface area (Å²) in [6.45, 7) is 6.26. The van der Waals surface area contributed by atoms with Crippen molar-refractivity contribution in [2.75, 3.05) is 13.2 Å². The van der Waals surface area contributed by atoms with E-state index in [-0.39, 0.29) is 5.97 Å². The van der Waals surface area contributed by atoms with Crippen molar-refractivity contribution < 1.29 is 9.53 Å². The Kier molecular flexibility index (Phi) is 5.10. The molecule has 0 fully saturated rings. The average molecular weight is 291 g/mol. The molecule has 2 aromatic rings. The summed E-state index contributed by atoms with van der Waals surface area (Å²) in [7, 11) is 1.82. The van der Waals surface area contributed by atoms with Crippen LogP contribution in [0.15, 0.2) is 18.6 Å². The molecule has 7 nitrogen and oxygen atoms in total. The van der Waals surface area contributed by atoms with Crippen molar-refractivity contribution in [2.24, 2.45) is 7.05 Å². The standard InChI is InChI=1S/C14H21N5O2/c1-4-21-14(20)12-8-16-18(3)13(12)9-15-5-6-19-10-11(2)7-17-19/h7-8,10,15H,4-6,9H2,1-3H3. The van der Waals surface area contributed by atoms with Gasteiger partial charge in [0.1, 0.15) is 5.56 Å². The molecule has 2 rings (SSSR count). The van der Waals surface area contributed by atoms with E-state index in [1.54, 1.807) is 17.8 Å². The maximum Gasteiger partial charge on any atom is 0.341 e. The fourth-order valence-corrected chi connectivity index (χ4v) is 2.04. The third kappa shape index (κ3) is 3.91. The molecule has 0 unspecified atom stereocenters. The number of aromatic nitrogens is 4. The lowest BCUT2D eigenvalue weighted by Crippen LogP contribution is -2.22. The number of hydrogen-bond acceptors (Lipinski definition) is 5. The van der Waals surface area contributed by atoms with Crippen LogP contribution in [-0.2, 0) is 24.9 Å². The Labute approximate surface area is 123 Å². The Morgan fingerprint density at radius 3 is 2.86 bits per heavy atom. The number of esters is 1. The predicted molar refractivity (Wildman–Crippen MR) is 77.8 cm³/mol. The summed E-state index contributed by atoms with van der Waals surface area (Å²) in [5, 5.41) is 11.6. The molecule has 0 aliphatic carbocycles. The Morgan fingerprint density at radius 1 is 1.38 bits per heavy atom. The van der Waals surface area contributed by atoms with Gasteiger partial charge in [0.25, 0.3) is 0 Å². The van der Waals surface area contributed by atoms with Gasteiger partial charge in [-0.05, 0) is 19.4 Å². The molecule has 0 radical (unpaired) electrons. The predicted octanol–water partition coefficient (Wildman–Crippen LogP) is 0.892. The largest absolute Gasteiger partial charge is 0.462 e. The zero-order chi connectivity index (χ0) is 15.2. The first kappa shape index (κ1) is 15.2. The van der Waals surface area contributed by atoms with Crippen LogP contribution in [0.5, 0.6) is 0 Å². The molecule has 0 aliphatic heterocycles. The highest BCUT2D eigenvalue weighted by molar-refractivity contribution is 5.90. The summed E-state index contributed by atoms with van der Waals surface area (Å²) in [5.74, 6) is -0.329. The number of hydrogen-bond donors (Lipinski definition) is 1. The summed E-state index contributed by atoms with van der Waals surface area (Å²) < 4.78 is 8.60. The molecule has 0 aliphatic rings. The van der Waals surface area contributed by atoms with Gasteiger partial charge in [-0.15, -0.1) is 0 Å². The second kappa shape index (κ2) is 7.03. The lowest BCUT2D eigenvalue weighted by atomic mass is 10.2.